The predicted octanol–water partition coefficient (Wildman–Crippen LogP) is 2.66. The maximum Gasteiger partial charge on any atom is 0.240 e. The standard InChI is InChI=1S/C16H30N2O/c1-15(2,3)12-7-10-18(11-12)14(19)13-16(4,5)8-6-9-17-13/h12-13,17H,6-11H2,1-5H3. The third kappa shape index (κ3) is 3.13. The molecule has 0 spiro atoms. The Labute approximate surface area is 118 Å². The molecule has 2 atom stereocenters. The normalized spacial score (nSPS) is 31.5. The second-order valence-corrected chi connectivity index (χ2v) is 8.12. The third-order valence-corrected chi connectivity index (χ3v) is 5.10. The van der Waals surface area contributed by atoms with Crippen molar-refractivity contribution in [3.63, 3.8) is 0 Å². The van der Waals surface area contributed by atoms with Gasteiger partial charge in [-0.25, -0.2) is 0 Å². The number of nitrogens with zero attached hydrogens (tertiary/aromatic N) is 1. The van der Waals surface area contributed by atoms with Crippen LogP contribution in [0.4, 0.5) is 0 Å². The zero-order valence-corrected chi connectivity index (χ0v) is 13.3. The van der Waals surface area contributed by atoms with Crippen LogP contribution in [-0.4, -0.2) is 36.5 Å². The lowest BCUT2D eigenvalue weighted by molar-refractivity contribution is -0.136. The van der Waals surface area contributed by atoms with Crippen molar-refractivity contribution in [2.24, 2.45) is 16.7 Å². The van der Waals surface area contributed by atoms with Crippen molar-refractivity contribution in [2.75, 3.05) is 19.6 Å². The fraction of sp³-hybridized carbons (Fsp3) is 0.938. The molecule has 2 rings (SSSR count). The number of carbonyl (C=O) groups is 1. The minimum absolute atomic E-state index is 0.0139. The van der Waals surface area contributed by atoms with Gasteiger partial charge in [0, 0.05) is 13.1 Å². The van der Waals surface area contributed by atoms with E-state index in [1.807, 2.05) is 0 Å². The Morgan fingerprint density at radius 2 is 2.00 bits per heavy atom. The van der Waals surface area contributed by atoms with Gasteiger partial charge in [0.15, 0.2) is 0 Å². The van der Waals surface area contributed by atoms with Crippen LogP contribution in [0.2, 0.25) is 0 Å². The first-order valence-electron chi connectivity index (χ1n) is 7.74. The molecule has 0 aliphatic carbocycles. The monoisotopic (exact) mass is 266 g/mol. The van der Waals surface area contributed by atoms with Crippen LogP contribution in [0.25, 0.3) is 0 Å². The number of carbonyl (C=O) groups excluding carboxylic acids is 1. The molecule has 0 aromatic carbocycles. The summed E-state index contributed by atoms with van der Waals surface area (Å²) in [4.78, 5) is 14.8. The molecule has 1 N–H and O–H groups in total. The van der Waals surface area contributed by atoms with Gasteiger partial charge in [0.05, 0.1) is 6.04 Å². The summed E-state index contributed by atoms with van der Waals surface area (Å²) in [6.45, 7) is 14.2. The van der Waals surface area contributed by atoms with Crippen LogP contribution in [0.15, 0.2) is 0 Å². The van der Waals surface area contributed by atoms with E-state index in [1.165, 1.54) is 6.42 Å². The minimum Gasteiger partial charge on any atom is -0.341 e. The average molecular weight is 266 g/mol. The highest BCUT2D eigenvalue weighted by Crippen LogP contribution is 2.36. The molecule has 1 amide bonds. The first-order valence-corrected chi connectivity index (χ1v) is 7.74. The van der Waals surface area contributed by atoms with Crippen LogP contribution in [0, 0.1) is 16.7 Å². The van der Waals surface area contributed by atoms with E-state index < -0.39 is 0 Å². The predicted molar refractivity (Wildman–Crippen MR) is 78.9 cm³/mol. The van der Waals surface area contributed by atoms with Crippen molar-refractivity contribution in [3.05, 3.63) is 0 Å². The Kier molecular flexibility index (Phi) is 3.97. The molecule has 0 bridgehead atoms. The summed E-state index contributed by atoms with van der Waals surface area (Å²) in [5, 5.41) is 3.45. The zero-order valence-electron chi connectivity index (χ0n) is 13.3. The Bertz CT molecular complexity index is 343. The SMILES string of the molecule is CC(C)(C)C1CCN(C(=O)C2NCCCC2(C)C)C1. The van der Waals surface area contributed by atoms with Crippen LogP contribution < -0.4 is 5.32 Å². The van der Waals surface area contributed by atoms with Crippen LogP contribution in [0.3, 0.4) is 0 Å². The first-order chi connectivity index (χ1) is 8.72. The summed E-state index contributed by atoms with van der Waals surface area (Å²) in [7, 11) is 0. The lowest BCUT2D eigenvalue weighted by Crippen LogP contribution is -2.56. The summed E-state index contributed by atoms with van der Waals surface area (Å²) < 4.78 is 0. The highest BCUT2D eigenvalue weighted by Gasteiger charge is 2.42. The molecule has 0 aromatic rings. The highest BCUT2D eigenvalue weighted by atomic mass is 16.2. The molecule has 19 heavy (non-hydrogen) atoms. The third-order valence-electron chi connectivity index (χ3n) is 5.10. The molecule has 110 valence electrons. The zero-order chi connectivity index (χ0) is 14.3. The lowest BCUT2D eigenvalue weighted by atomic mass is 9.77. The molecule has 0 radical (unpaired) electrons. The van der Waals surface area contributed by atoms with Gasteiger partial charge in [-0.1, -0.05) is 34.6 Å². The summed E-state index contributed by atoms with van der Waals surface area (Å²) >= 11 is 0. The van der Waals surface area contributed by atoms with Gasteiger partial charge in [0.1, 0.15) is 0 Å². The second-order valence-electron chi connectivity index (χ2n) is 8.12. The van der Waals surface area contributed by atoms with Crippen molar-refractivity contribution in [2.45, 2.75) is 59.9 Å². The van der Waals surface area contributed by atoms with Crippen LogP contribution >= 0.6 is 0 Å². The van der Waals surface area contributed by atoms with E-state index in [2.05, 4.69) is 44.8 Å². The molecular weight excluding hydrogens is 236 g/mol. The van der Waals surface area contributed by atoms with E-state index in [1.54, 1.807) is 0 Å². The summed E-state index contributed by atoms with van der Waals surface area (Å²) in [5.74, 6) is 0.972. The number of rotatable bonds is 1. The molecule has 0 aromatic heterocycles. The number of piperidine rings is 1. The molecule has 3 nitrogen and oxygen atoms in total. The van der Waals surface area contributed by atoms with Gasteiger partial charge in [-0.3, -0.25) is 4.79 Å². The van der Waals surface area contributed by atoms with Crippen LogP contribution in [-0.2, 0) is 4.79 Å². The van der Waals surface area contributed by atoms with E-state index in [0.29, 0.717) is 17.2 Å². The molecule has 2 unspecified atom stereocenters. The summed E-state index contributed by atoms with van der Waals surface area (Å²) in [6.07, 6.45) is 3.48. The fourth-order valence-corrected chi connectivity index (χ4v) is 3.48. The number of hydrogen-bond donors (Lipinski definition) is 1. The van der Waals surface area contributed by atoms with Crippen molar-refractivity contribution in [1.29, 1.82) is 0 Å². The molecule has 3 heteroatoms. The Hall–Kier alpha value is -0.570. The van der Waals surface area contributed by atoms with Gasteiger partial charge in [-0.05, 0) is 42.6 Å². The van der Waals surface area contributed by atoms with E-state index >= 15 is 0 Å². The molecular formula is C16H30N2O. The molecule has 2 aliphatic heterocycles. The van der Waals surface area contributed by atoms with Gasteiger partial charge >= 0.3 is 0 Å². The van der Waals surface area contributed by atoms with Crippen molar-refractivity contribution in [1.82, 2.24) is 10.2 Å². The Morgan fingerprint density at radius 3 is 2.53 bits per heavy atom. The maximum atomic E-state index is 12.8. The molecule has 2 heterocycles. The number of nitrogens with one attached hydrogen (secondary N) is 1. The largest absolute Gasteiger partial charge is 0.341 e. The smallest absolute Gasteiger partial charge is 0.240 e. The Balaban J connectivity index is 2.01. The van der Waals surface area contributed by atoms with E-state index in [4.69, 9.17) is 0 Å². The fourth-order valence-electron chi connectivity index (χ4n) is 3.48. The highest BCUT2D eigenvalue weighted by molar-refractivity contribution is 5.83. The lowest BCUT2D eigenvalue weighted by Gasteiger charge is -2.40. The van der Waals surface area contributed by atoms with Crippen molar-refractivity contribution < 1.29 is 4.79 Å². The summed E-state index contributed by atoms with van der Waals surface area (Å²) in [6, 6.07) is 0.0139. The van der Waals surface area contributed by atoms with Crippen LogP contribution in [0.1, 0.15) is 53.9 Å². The number of hydrogen-bond acceptors (Lipinski definition) is 2. The second kappa shape index (κ2) is 5.08. The van der Waals surface area contributed by atoms with E-state index in [0.717, 1.165) is 32.5 Å². The van der Waals surface area contributed by atoms with Gasteiger partial charge in [0.2, 0.25) is 5.91 Å². The summed E-state index contributed by atoms with van der Waals surface area (Å²) in [5.41, 5.74) is 0.402. The van der Waals surface area contributed by atoms with Gasteiger partial charge in [-0.2, -0.15) is 0 Å². The first kappa shape index (κ1) is 14.8. The minimum atomic E-state index is 0.0139. The average Bonchev–Trinajstić information content (AvgIpc) is 2.76. The van der Waals surface area contributed by atoms with Crippen LogP contribution in [0.5, 0.6) is 0 Å². The molecule has 2 fully saturated rings. The number of likely N-dealkylation sites (tertiary alicyclic amines) is 1. The molecule has 2 aliphatic rings. The topological polar surface area (TPSA) is 32.3 Å². The van der Waals surface area contributed by atoms with Crippen molar-refractivity contribution in [3.8, 4) is 0 Å². The number of amides is 1. The van der Waals surface area contributed by atoms with Gasteiger partial charge in [-0.15, -0.1) is 0 Å². The molecule has 2 saturated heterocycles. The van der Waals surface area contributed by atoms with E-state index in [9.17, 15) is 4.79 Å². The van der Waals surface area contributed by atoms with Crippen molar-refractivity contribution >= 4 is 5.91 Å². The maximum absolute atomic E-state index is 12.8. The Morgan fingerprint density at radius 1 is 1.32 bits per heavy atom. The quantitative estimate of drug-likeness (QED) is 0.791. The van der Waals surface area contributed by atoms with Gasteiger partial charge in [0.25, 0.3) is 0 Å². The molecule has 0 saturated carbocycles. The van der Waals surface area contributed by atoms with Gasteiger partial charge < -0.3 is 10.2 Å². The van der Waals surface area contributed by atoms with E-state index in [-0.39, 0.29) is 11.5 Å².